The Kier molecular flexibility index (Phi) is 7.83. The molecule has 3 aromatic rings. The fourth-order valence-corrected chi connectivity index (χ4v) is 6.23. The maximum absolute atomic E-state index is 13.1. The number of sulfonamides is 1. The average Bonchev–Trinajstić information content (AvgIpc) is 3.23. The molecule has 0 bridgehead atoms. The van der Waals surface area contributed by atoms with Gasteiger partial charge in [-0.3, -0.25) is 14.1 Å². The largest absolute Gasteiger partial charge is 0.325 e. The second-order valence-electron chi connectivity index (χ2n) is 9.77. The van der Waals surface area contributed by atoms with Gasteiger partial charge in [-0.15, -0.1) is 0 Å². The monoisotopic (exact) mass is 550 g/mol. The van der Waals surface area contributed by atoms with Crippen molar-refractivity contribution >= 4 is 50.3 Å². The van der Waals surface area contributed by atoms with Crippen LogP contribution in [0.4, 0.5) is 17.1 Å². The molecule has 0 aromatic heterocycles. The number of rotatable bonds is 8. The van der Waals surface area contributed by atoms with Crippen LogP contribution in [0.2, 0.25) is 5.02 Å². The van der Waals surface area contributed by atoms with E-state index < -0.39 is 15.9 Å². The van der Waals surface area contributed by atoms with Crippen LogP contribution < -0.4 is 9.62 Å². The Hall–Kier alpha value is -3.20. The quantitative estimate of drug-likeness (QED) is 0.378. The van der Waals surface area contributed by atoms with Gasteiger partial charge in [0.05, 0.1) is 23.3 Å². The van der Waals surface area contributed by atoms with Gasteiger partial charge in [-0.1, -0.05) is 54.4 Å². The number of anilines is 2. The summed E-state index contributed by atoms with van der Waals surface area (Å²) in [5, 5.41) is 3.47. The van der Waals surface area contributed by atoms with E-state index in [1.807, 2.05) is 36.4 Å². The molecule has 1 atom stereocenters. The van der Waals surface area contributed by atoms with Crippen molar-refractivity contribution in [2.45, 2.75) is 25.2 Å². The zero-order valence-electron chi connectivity index (χ0n) is 21.3. The molecule has 0 radical (unpaired) electrons. The summed E-state index contributed by atoms with van der Waals surface area (Å²) in [6.07, 6.45) is 4.80. The molecule has 2 aliphatic rings. The first-order valence-electron chi connectivity index (χ1n) is 12.8. The Morgan fingerprint density at radius 2 is 1.74 bits per heavy atom. The van der Waals surface area contributed by atoms with Gasteiger partial charge in [0.25, 0.3) is 0 Å². The number of hydrogen-bond donors (Lipinski definition) is 1. The summed E-state index contributed by atoms with van der Waals surface area (Å²) >= 11 is 6.15. The zero-order valence-corrected chi connectivity index (χ0v) is 22.9. The SMILES string of the molecule is CS(=O)(=O)N(CCN1CCCCC1)c1ccc(N=C(c2ccccc2)C2C(=O)Nc3cc(Cl)ccc32)cc1. The second kappa shape index (κ2) is 11.3. The number of aliphatic imine (C=N–C) groups is 1. The molecule has 9 heteroatoms. The highest BCUT2D eigenvalue weighted by Crippen LogP contribution is 2.38. The van der Waals surface area contributed by atoms with Crippen LogP contribution in [0.3, 0.4) is 0 Å². The predicted molar refractivity (Wildman–Crippen MR) is 154 cm³/mol. The minimum absolute atomic E-state index is 0.164. The molecule has 1 saturated heterocycles. The van der Waals surface area contributed by atoms with Crippen LogP contribution in [-0.4, -0.2) is 57.4 Å². The minimum Gasteiger partial charge on any atom is -0.325 e. The lowest BCUT2D eigenvalue weighted by Crippen LogP contribution is -2.40. The highest BCUT2D eigenvalue weighted by Gasteiger charge is 2.35. The van der Waals surface area contributed by atoms with Crippen LogP contribution in [-0.2, 0) is 14.8 Å². The molecular formula is C29H31ClN4O3S. The van der Waals surface area contributed by atoms with Gasteiger partial charge in [-0.2, -0.15) is 0 Å². The van der Waals surface area contributed by atoms with E-state index in [0.717, 1.165) is 37.1 Å². The Morgan fingerprint density at radius 1 is 1.03 bits per heavy atom. The molecule has 1 amide bonds. The number of piperidine rings is 1. The Balaban J connectivity index is 1.45. The highest BCUT2D eigenvalue weighted by atomic mass is 35.5. The number of nitrogens with zero attached hydrogens (tertiary/aromatic N) is 3. The van der Waals surface area contributed by atoms with Crippen molar-refractivity contribution in [3.63, 3.8) is 0 Å². The maximum atomic E-state index is 13.1. The van der Waals surface area contributed by atoms with Crippen molar-refractivity contribution in [3.05, 3.63) is 88.9 Å². The van der Waals surface area contributed by atoms with Gasteiger partial charge < -0.3 is 10.2 Å². The second-order valence-corrected chi connectivity index (χ2v) is 12.1. The van der Waals surface area contributed by atoms with E-state index in [1.54, 1.807) is 36.4 Å². The summed E-state index contributed by atoms with van der Waals surface area (Å²) < 4.78 is 26.7. The smallest absolute Gasteiger partial charge is 0.238 e. The van der Waals surface area contributed by atoms with Crippen LogP contribution in [0.25, 0.3) is 0 Å². The van der Waals surface area contributed by atoms with Gasteiger partial charge in [0.15, 0.2) is 0 Å². The van der Waals surface area contributed by atoms with Crippen LogP contribution in [0, 0.1) is 0 Å². The highest BCUT2D eigenvalue weighted by molar-refractivity contribution is 7.92. The fraction of sp³-hybridized carbons (Fsp3) is 0.310. The molecule has 7 nitrogen and oxygen atoms in total. The van der Waals surface area contributed by atoms with Crippen LogP contribution >= 0.6 is 11.6 Å². The number of fused-ring (bicyclic) bond motifs is 1. The number of carbonyl (C=O) groups excluding carboxylic acids is 1. The first kappa shape index (κ1) is 26.4. The Bertz CT molecular complexity index is 1440. The van der Waals surface area contributed by atoms with Crippen molar-refractivity contribution in [1.82, 2.24) is 4.90 Å². The maximum Gasteiger partial charge on any atom is 0.238 e. The first-order valence-corrected chi connectivity index (χ1v) is 15.1. The van der Waals surface area contributed by atoms with Crippen molar-refractivity contribution in [2.75, 3.05) is 42.1 Å². The molecule has 1 unspecified atom stereocenters. The van der Waals surface area contributed by atoms with Crippen LogP contribution in [0.5, 0.6) is 0 Å². The lowest BCUT2D eigenvalue weighted by molar-refractivity contribution is -0.115. The van der Waals surface area contributed by atoms with E-state index in [9.17, 15) is 13.2 Å². The summed E-state index contributed by atoms with van der Waals surface area (Å²) in [5.41, 5.74) is 4.18. The summed E-state index contributed by atoms with van der Waals surface area (Å²) in [7, 11) is -3.45. The number of halogens is 1. The molecule has 1 N–H and O–H groups in total. The molecule has 1 fully saturated rings. The lowest BCUT2D eigenvalue weighted by Gasteiger charge is -2.30. The topological polar surface area (TPSA) is 82.1 Å². The Labute approximate surface area is 229 Å². The van der Waals surface area contributed by atoms with E-state index in [-0.39, 0.29) is 5.91 Å². The van der Waals surface area contributed by atoms with Gasteiger partial charge in [-0.25, -0.2) is 8.42 Å². The van der Waals surface area contributed by atoms with Crippen molar-refractivity contribution in [2.24, 2.45) is 4.99 Å². The number of amides is 1. The number of nitrogens with one attached hydrogen (secondary N) is 1. The third-order valence-corrected chi connectivity index (χ3v) is 8.47. The molecule has 0 saturated carbocycles. The van der Waals surface area contributed by atoms with Crippen molar-refractivity contribution < 1.29 is 13.2 Å². The molecule has 38 heavy (non-hydrogen) atoms. The van der Waals surface area contributed by atoms with Gasteiger partial charge in [0, 0.05) is 23.8 Å². The lowest BCUT2D eigenvalue weighted by atomic mass is 9.90. The summed E-state index contributed by atoms with van der Waals surface area (Å²) in [5.74, 6) is -0.760. The molecule has 0 aliphatic carbocycles. The van der Waals surface area contributed by atoms with Crippen molar-refractivity contribution in [3.8, 4) is 0 Å². The van der Waals surface area contributed by atoms with Crippen molar-refractivity contribution in [1.29, 1.82) is 0 Å². The Morgan fingerprint density at radius 3 is 2.42 bits per heavy atom. The zero-order chi connectivity index (χ0) is 26.7. The first-order chi connectivity index (χ1) is 18.3. The average molecular weight is 551 g/mol. The van der Waals surface area contributed by atoms with Gasteiger partial charge in [0.2, 0.25) is 15.9 Å². The summed E-state index contributed by atoms with van der Waals surface area (Å²) in [6, 6.07) is 22.1. The molecule has 0 spiro atoms. The molecule has 5 rings (SSSR count). The van der Waals surface area contributed by atoms with E-state index in [4.69, 9.17) is 16.6 Å². The number of benzene rings is 3. The normalized spacial score (nSPS) is 18.2. The third kappa shape index (κ3) is 5.93. The van der Waals surface area contributed by atoms with Crippen LogP contribution in [0.1, 0.15) is 36.3 Å². The van der Waals surface area contributed by atoms with Gasteiger partial charge in [0.1, 0.15) is 5.92 Å². The number of likely N-dealkylation sites (tertiary alicyclic amines) is 1. The predicted octanol–water partition coefficient (Wildman–Crippen LogP) is 5.45. The molecule has 2 heterocycles. The standard InChI is InChI=1S/C29H31ClN4O3S/c1-38(36,37)34(19-18-33-16-6-3-7-17-33)24-13-11-23(12-14-24)31-28(21-8-4-2-5-9-21)27-25-15-10-22(30)20-26(25)32-29(27)35/h2,4-5,8-15,20,27H,3,6-7,16-19H2,1H3,(H,32,35). The summed E-state index contributed by atoms with van der Waals surface area (Å²) in [4.78, 5) is 20.3. The summed E-state index contributed by atoms with van der Waals surface area (Å²) in [6.45, 7) is 3.12. The molecule has 198 valence electrons. The molecule has 3 aromatic carbocycles. The molecular weight excluding hydrogens is 520 g/mol. The van der Waals surface area contributed by atoms with E-state index in [1.165, 1.54) is 17.0 Å². The van der Waals surface area contributed by atoms with E-state index >= 15 is 0 Å². The molecule has 2 aliphatic heterocycles. The van der Waals surface area contributed by atoms with E-state index in [0.29, 0.717) is 40.9 Å². The van der Waals surface area contributed by atoms with Gasteiger partial charge >= 0.3 is 0 Å². The van der Waals surface area contributed by atoms with E-state index in [2.05, 4.69) is 10.2 Å². The third-order valence-electron chi connectivity index (χ3n) is 7.04. The number of carbonyl (C=O) groups is 1. The fourth-order valence-electron chi connectivity index (χ4n) is 5.14. The number of hydrogen-bond acceptors (Lipinski definition) is 5. The van der Waals surface area contributed by atoms with Crippen LogP contribution in [0.15, 0.2) is 77.8 Å². The minimum atomic E-state index is -3.45. The van der Waals surface area contributed by atoms with Gasteiger partial charge in [-0.05, 0) is 73.5 Å².